The molecular weight excluding hydrogens is 1390 g/mol. The van der Waals surface area contributed by atoms with Gasteiger partial charge in [-0.2, -0.15) is 0 Å². The molecule has 0 amide bonds. The second-order valence-electron chi connectivity index (χ2n) is 32.1. The van der Waals surface area contributed by atoms with Gasteiger partial charge in [-0.15, -0.1) is 0 Å². The Morgan fingerprint density at radius 3 is 0.636 bits per heavy atom. The normalized spacial score (nSPS) is 13.7. The molecule has 0 saturated heterocycles. The van der Waals surface area contributed by atoms with E-state index >= 15 is 0 Å². The van der Waals surface area contributed by atoms with Crippen molar-refractivity contribution in [3.63, 3.8) is 0 Å². The molecule has 0 rings (SSSR count). The number of phosphoric acid groups is 2. The second-order valence-corrected chi connectivity index (χ2v) is 35.0. The number of carbonyl (C=O) groups excluding carboxylic acids is 4. The van der Waals surface area contributed by atoms with Crippen LogP contribution in [0.3, 0.4) is 0 Å². The fourth-order valence-corrected chi connectivity index (χ4v) is 15.4. The van der Waals surface area contributed by atoms with E-state index < -0.39 is 97.5 Å². The summed E-state index contributed by atoms with van der Waals surface area (Å²) in [7, 11) is -9.93. The van der Waals surface area contributed by atoms with Crippen LogP contribution in [-0.4, -0.2) is 96.7 Å². The van der Waals surface area contributed by atoms with Crippen molar-refractivity contribution in [1.29, 1.82) is 0 Å². The standard InChI is InChI=1S/C88H172O17P2/c1-6-9-12-15-18-21-24-27-29-31-33-35-37-39-41-43-46-48-51-56-61-66-71-85(90)98-77-83(104-88(93)74-69-64-58-53-50-47-44-42-40-38-36-34-32-30-28-25-22-19-16-13-10-7-2)79-102-106(94,95)100-75-82(89)76-101-107(96,97)103-80-84(78-99-86(91)72-67-62-59-54-55-60-65-70-81(4)5)105-87(92)73-68-63-57-52-49-45-26-23-20-17-14-11-8-3/h81-84,89H,6-80H2,1-5H3,(H,94,95)(H,96,97)/t82-,83-,84-/m1/s1. The molecular formula is C88H172O17P2. The number of unbranched alkanes of at least 4 members (excludes halogenated alkanes) is 60. The van der Waals surface area contributed by atoms with Gasteiger partial charge in [0.05, 0.1) is 26.4 Å². The topological polar surface area (TPSA) is 237 Å². The van der Waals surface area contributed by atoms with Gasteiger partial charge in [0.2, 0.25) is 0 Å². The molecule has 0 heterocycles. The van der Waals surface area contributed by atoms with Crippen molar-refractivity contribution in [2.75, 3.05) is 39.6 Å². The van der Waals surface area contributed by atoms with Crippen LogP contribution in [0.4, 0.5) is 0 Å². The van der Waals surface area contributed by atoms with E-state index in [0.29, 0.717) is 31.6 Å². The van der Waals surface area contributed by atoms with Crippen molar-refractivity contribution in [1.82, 2.24) is 0 Å². The van der Waals surface area contributed by atoms with E-state index in [2.05, 4.69) is 34.6 Å². The van der Waals surface area contributed by atoms with Crippen LogP contribution in [0.2, 0.25) is 0 Å². The Bertz CT molecular complexity index is 2030. The monoisotopic (exact) mass is 1560 g/mol. The molecule has 0 radical (unpaired) electrons. The molecule has 5 atom stereocenters. The number of aliphatic hydroxyl groups is 1. The SMILES string of the molecule is CCCCCCCCCCCCCCCCCCCCCCCCC(=O)OC[C@H](COP(=O)(O)OC[C@@H](O)COP(=O)(O)OC[C@@H](COC(=O)CCCCCCCCCC(C)C)OC(=O)CCCCCCCCCCCCCCC)OC(=O)CCCCCCCCCCCCCCCCCCCCCCCC. The minimum atomic E-state index is -4.97. The van der Waals surface area contributed by atoms with Crippen LogP contribution < -0.4 is 0 Å². The molecule has 0 fully saturated rings. The lowest BCUT2D eigenvalue weighted by molar-refractivity contribution is -0.161. The number of ether oxygens (including phenoxy) is 4. The van der Waals surface area contributed by atoms with Gasteiger partial charge in [-0.25, -0.2) is 9.13 Å². The molecule has 0 aliphatic rings. The fraction of sp³-hybridized carbons (Fsp3) is 0.955. The van der Waals surface area contributed by atoms with Gasteiger partial charge in [0.15, 0.2) is 12.2 Å². The third kappa shape index (κ3) is 81.9. The molecule has 3 N–H and O–H groups in total. The second kappa shape index (κ2) is 80.7. The van der Waals surface area contributed by atoms with Gasteiger partial charge in [-0.05, 0) is 31.6 Å². The molecule has 0 aliphatic heterocycles. The number of hydrogen-bond donors (Lipinski definition) is 3. The molecule has 19 heteroatoms. The average molecular weight is 1560 g/mol. The largest absolute Gasteiger partial charge is 0.472 e. The van der Waals surface area contributed by atoms with E-state index in [1.165, 1.54) is 295 Å². The predicted molar refractivity (Wildman–Crippen MR) is 442 cm³/mol. The van der Waals surface area contributed by atoms with Crippen molar-refractivity contribution >= 4 is 39.5 Å². The van der Waals surface area contributed by atoms with Crippen LogP contribution in [0.5, 0.6) is 0 Å². The van der Waals surface area contributed by atoms with Crippen LogP contribution in [-0.2, 0) is 65.4 Å². The molecule has 0 spiro atoms. The summed E-state index contributed by atoms with van der Waals surface area (Å²) in [5, 5.41) is 10.7. The van der Waals surface area contributed by atoms with Crippen molar-refractivity contribution in [3.8, 4) is 0 Å². The summed E-state index contributed by atoms with van der Waals surface area (Å²) in [5.74, 6) is -1.40. The summed E-state index contributed by atoms with van der Waals surface area (Å²) in [6.45, 7) is 7.31. The molecule has 0 bridgehead atoms. The number of aliphatic hydroxyl groups excluding tert-OH is 1. The van der Waals surface area contributed by atoms with Gasteiger partial charge in [-0.1, -0.05) is 426 Å². The quantitative estimate of drug-likeness (QED) is 0.0222. The molecule has 0 aliphatic carbocycles. The van der Waals surface area contributed by atoms with Crippen molar-refractivity contribution in [2.45, 2.75) is 496 Å². The first-order valence-electron chi connectivity index (χ1n) is 45.6. The highest BCUT2D eigenvalue weighted by molar-refractivity contribution is 7.47. The zero-order valence-electron chi connectivity index (χ0n) is 70.3. The highest BCUT2D eigenvalue weighted by Crippen LogP contribution is 2.45. The Labute approximate surface area is 658 Å². The van der Waals surface area contributed by atoms with Crippen molar-refractivity contribution in [2.24, 2.45) is 5.92 Å². The van der Waals surface area contributed by atoms with E-state index in [1.807, 2.05) is 0 Å². The maximum absolute atomic E-state index is 13.2. The first-order valence-corrected chi connectivity index (χ1v) is 48.6. The number of rotatable bonds is 88. The highest BCUT2D eigenvalue weighted by atomic mass is 31.2. The molecule has 107 heavy (non-hydrogen) atoms. The molecule has 0 aromatic carbocycles. The first-order chi connectivity index (χ1) is 52.0. The summed E-state index contributed by atoms with van der Waals surface area (Å²) >= 11 is 0. The van der Waals surface area contributed by atoms with Crippen molar-refractivity contribution in [3.05, 3.63) is 0 Å². The summed E-state index contributed by atoms with van der Waals surface area (Å²) in [5.41, 5.74) is 0. The molecule has 2 unspecified atom stereocenters. The number of carbonyl (C=O) groups is 4. The Kier molecular flexibility index (Phi) is 79.2. The van der Waals surface area contributed by atoms with Gasteiger partial charge >= 0.3 is 39.5 Å². The van der Waals surface area contributed by atoms with E-state index in [1.54, 1.807) is 0 Å². The molecule has 0 saturated carbocycles. The van der Waals surface area contributed by atoms with Crippen LogP contribution >= 0.6 is 15.6 Å². The lowest BCUT2D eigenvalue weighted by Gasteiger charge is -2.21. The zero-order chi connectivity index (χ0) is 78.3. The Balaban J connectivity index is 5.19. The molecule has 636 valence electrons. The van der Waals surface area contributed by atoms with Crippen molar-refractivity contribution < 1.29 is 80.2 Å². The summed E-state index contributed by atoms with van der Waals surface area (Å²) < 4.78 is 68.9. The summed E-state index contributed by atoms with van der Waals surface area (Å²) in [6.07, 6.45) is 75.4. The maximum atomic E-state index is 13.2. The maximum Gasteiger partial charge on any atom is 0.472 e. The third-order valence-corrected chi connectivity index (χ3v) is 22.7. The lowest BCUT2D eigenvalue weighted by atomic mass is 10.0. The lowest BCUT2D eigenvalue weighted by Crippen LogP contribution is -2.30. The van der Waals surface area contributed by atoms with E-state index in [9.17, 15) is 43.2 Å². The first kappa shape index (κ1) is 105. The van der Waals surface area contributed by atoms with Gasteiger partial charge < -0.3 is 33.8 Å². The minimum Gasteiger partial charge on any atom is -0.462 e. The molecule has 0 aromatic rings. The van der Waals surface area contributed by atoms with E-state index in [-0.39, 0.29) is 25.7 Å². The third-order valence-electron chi connectivity index (χ3n) is 20.8. The molecule has 17 nitrogen and oxygen atoms in total. The highest BCUT2D eigenvalue weighted by Gasteiger charge is 2.30. The smallest absolute Gasteiger partial charge is 0.462 e. The number of phosphoric ester groups is 2. The summed E-state index contributed by atoms with van der Waals surface area (Å²) in [6, 6.07) is 0. The van der Waals surface area contributed by atoms with Gasteiger partial charge in [-0.3, -0.25) is 37.3 Å². The average Bonchev–Trinajstić information content (AvgIpc) is 0.903. The minimum absolute atomic E-state index is 0.107. The zero-order valence-corrected chi connectivity index (χ0v) is 72.1. The van der Waals surface area contributed by atoms with Crippen LogP contribution in [0.25, 0.3) is 0 Å². The Hall–Kier alpha value is -1.94. The van der Waals surface area contributed by atoms with Gasteiger partial charge in [0.1, 0.15) is 19.3 Å². The van der Waals surface area contributed by atoms with Gasteiger partial charge in [0.25, 0.3) is 0 Å². The number of hydrogen-bond acceptors (Lipinski definition) is 15. The summed E-state index contributed by atoms with van der Waals surface area (Å²) in [4.78, 5) is 73.2. The van der Waals surface area contributed by atoms with E-state index in [0.717, 1.165) is 96.3 Å². The predicted octanol–water partition coefficient (Wildman–Crippen LogP) is 27.2. The number of esters is 4. The van der Waals surface area contributed by atoms with Crippen LogP contribution in [0, 0.1) is 5.92 Å². The Morgan fingerprint density at radius 1 is 0.252 bits per heavy atom. The molecule has 0 aromatic heterocycles. The van der Waals surface area contributed by atoms with Gasteiger partial charge in [0, 0.05) is 25.7 Å². The van der Waals surface area contributed by atoms with E-state index in [4.69, 9.17) is 37.0 Å². The fourth-order valence-electron chi connectivity index (χ4n) is 13.8. The Morgan fingerprint density at radius 2 is 0.430 bits per heavy atom. The van der Waals surface area contributed by atoms with Crippen LogP contribution in [0.15, 0.2) is 0 Å². The van der Waals surface area contributed by atoms with Crippen LogP contribution in [0.1, 0.15) is 478 Å².